The summed E-state index contributed by atoms with van der Waals surface area (Å²) in [5.41, 5.74) is 0.354. The van der Waals surface area contributed by atoms with Crippen LogP contribution >= 0.6 is 0 Å². The summed E-state index contributed by atoms with van der Waals surface area (Å²) in [6.45, 7) is 6.54. The molecule has 2 rings (SSSR count). The van der Waals surface area contributed by atoms with Crippen molar-refractivity contribution in [1.29, 1.82) is 0 Å². The first-order chi connectivity index (χ1) is 8.65. The first-order valence-electron chi connectivity index (χ1n) is 7.58. The Labute approximate surface area is 112 Å². The highest BCUT2D eigenvalue weighted by atomic mass is 16.5. The molecule has 0 radical (unpaired) electrons. The minimum atomic E-state index is 0.354. The van der Waals surface area contributed by atoms with Crippen molar-refractivity contribution in [2.75, 3.05) is 40.4 Å². The average Bonchev–Trinajstić information content (AvgIpc) is 2.79. The third-order valence-electron chi connectivity index (χ3n) is 4.93. The molecule has 0 spiro atoms. The summed E-state index contributed by atoms with van der Waals surface area (Å²) >= 11 is 0. The molecule has 1 aliphatic carbocycles. The molecule has 3 heteroatoms. The van der Waals surface area contributed by atoms with Gasteiger partial charge in [-0.3, -0.25) is 0 Å². The molecule has 0 amide bonds. The molecule has 2 fully saturated rings. The van der Waals surface area contributed by atoms with Gasteiger partial charge in [0, 0.05) is 31.2 Å². The van der Waals surface area contributed by atoms with Gasteiger partial charge < -0.3 is 15.0 Å². The molecule has 0 aromatic heterocycles. The highest BCUT2D eigenvalue weighted by molar-refractivity contribution is 4.89. The lowest BCUT2D eigenvalue weighted by atomic mass is 9.83. The summed E-state index contributed by atoms with van der Waals surface area (Å²) in [6, 6.07) is 0.801. The normalized spacial score (nSPS) is 37.3. The maximum Gasteiger partial charge on any atom is 0.0547 e. The van der Waals surface area contributed by atoms with Crippen LogP contribution in [0.25, 0.3) is 0 Å². The molecule has 1 saturated carbocycles. The third kappa shape index (κ3) is 3.46. The smallest absolute Gasteiger partial charge is 0.0547 e. The van der Waals surface area contributed by atoms with Gasteiger partial charge in [-0.2, -0.15) is 0 Å². The van der Waals surface area contributed by atoms with Gasteiger partial charge in [-0.05, 0) is 52.1 Å². The van der Waals surface area contributed by atoms with E-state index in [1.165, 1.54) is 38.6 Å². The van der Waals surface area contributed by atoms with Crippen LogP contribution < -0.4 is 5.32 Å². The SMILES string of the molecule is CNCC1(CN(C)C2CCC(C)CC2)CCOC1. The van der Waals surface area contributed by atoms with Crippen LogP contribution in [0.3, 0.4) is 0 Å². The van der Waals surface area contributed by atoms with Gasteiger partial charge in [-0.25, -0.2) is 0 Å². The molecule has 2 aliphatic rings. The molecule has 18 heavy (non-hydrogen) atoms. The number of rotatable bonds is 5. The zero-order chi connectivity index (χ0) is 13.0. The lowest BCUT2D eigenvalue weighted by Gasteiger charge is -2.39. The highest BCUT2D eigenvalue weighted by Crippen LogP contribution is 2.32. The van der Waals surface area contributed by atoms with Crippen LogP contribution in [0.5, 0.6) is 0 Å². The Kier molecular flexibility index (Phi) is 5.05. The topological polar surface area (TPSA) is 24.5 Å². The summed E-state index contributed by atoms with van der Waals surface area (Å²) in [5.74, 6) is 0.940. The Bertz CT molecular complexity index is 243. The van der Waals surface area contributed by atoms with Gasteiger partial charge in [-0.1, -0.05) is 6.92 Å². The van der Waals surface area contributed by atoms with E-state index in [4.69, 9.17) is 4.74 Å². The van der Waals surface area contributed by atoms with Crippen LogP contribution in [0, 0.1) is 11.3 Å². The third-order valence-corrected chi connectivity index (χ3v) is 4.93. The van der Waals surface area contributed by atoms with Crippen molar-refractivity contribution in [2.24, 2.45) is 11.3 Å². The van der Waals surface area contributed by atoms with Crippen LogP contribution in [-0.2, 0) is 4.74 Å². The molecular formula is C15H30N2O. The van der Waals surface area contributed by atoms with E-state index >= 15 is 0 Å². The van der Waals surface area contributed by atoms with Gasteiger partial charge in [0.1, 0.15) is 0 Å². The summed E-state index contributed by atoms with van der Waals surface area (Å²) < 4.78 is 5.65. The van der Waals surface area contributed by atoms with Gasteiger partial charge >= 0.3 is 0 Å². The molecule has 0 bridgehead atoms. The maximum absolute atomic E-state index is 5.65. The van der Waals surface area contributed by atoms with Gasteiger partial charge in [0.25, 0.3) is 0 Å². The fourth-order valence-corrected chi connectivity index (χ4v) is 3.69. The minimum Gasteiger partial charge on any atom is -0.381 e. The second-order valence-corrected chi connectivity index (χ2v) is 6.66. The first kappa shape index (κ1) is 14.3. The monoisotopic (exact) mass is 254 g/mol. The van der Waals surface area contributed by atoms with E-state index < -0.39 is 0 Å². The second-order valence-electron chi connectivity index (χ2n) is 6.66. The van der Waals surface area contributed by atoms with Crippen molar-refractivity contribution in [1.82, 2.24) is 10.2 Å². The molecule has 1 N–H and O–H groups in total. The largest absolute Gasteiger partial charge is 0.381 e. The Morgan fingerprint density at radius 3 is 2.56 bits per heavy atom. The van der Waals surface area contributed by atoms with Crippen molar-refractivity contribution >= 4 is 0 Å². The molecule has 3 nitrogen and oxygen atoms in total. The zero-order valence-corrected chi connectivity index (χ0v) is 12.4. The van der Waals surface area contributed by atoms with Crippen LogP contribution in [0.4, 0.5) is 0 Å². The molecule has 0 aromatic carbocycles. The van der Waals surface area contributed by atoms with Crippen molar-refractivity contribution < 1.29 is 4.74 Å². The molecule has 1 heterocycles. The summed E-state index contributed by atoms with van der Waals surface area (Å²) in [7, 11) is 4.37. The number of hydrogen-bond donors (Lipinski definition) is 1. The number of ether oxygens (including phenoxy) is 1. The summed E-state index contributed by atoms with van der Waals surface area (Å²) in [6.07, 6.45) is 6.79. The van der Waals surface area contributed by atoms with E-state index in [9.17, 15) is 0 Å². The molecular weight excluding hydrogens is 224 g/mol. The van der Waals surface area contributed by atoms with Crippen molar-refractivity contribution in [3.63, 3.8) is 0 Å². The molecule has 1 saturated heterocycles. The number of nitrogens with zero attached hydrogens (tertiary/aromatic N) is 1. The lowest BCUT2D eigenvalue weighted by Crippen LogP contribution is -2.46. The van der Waals surface area contributed by atoms with E-state index in [2.05, 4.69) is 31.2 Å². The van der Waals surface area contributed by atoms with Gasteiger partial charge in [0.2, 0.25) is 0 Å². The van der Waals surface area contributed by atoms with Crippen LogP contribution in [-0.4, -0.2) is 51.3 Å². The van der Waals surface area contributed by atoms with Gasteiger partial charge in [-0.15, -0.1) is 0 Å². The van der Waals surface area contributed by atoms with Crippen LogP contribution in [0.2, 0.25) is 0 Å². The minimum absolute atomic E-state index is 0.354. The lowest BCUT2D eigenvalue weighted by molar-refractivity contribution is 0.0849. The molecule has 106 valence electrons. The Morgan fingerprint density at radius 2 is 2.00 bits per heavy atom. The van der Waals surface area contributed by atoms with Gasteiger partial charge in [0.15, 0.2) is 0 Å². The number of hydrogen-bond acceptors (Lipinski definition) is 3. The highest BCUT2D eigenvalue weighted by Gasteiger charge is 2.37. The van der Waals surface area contributed by atoms with E-state index in [-0.39, 0.29) is 0 Å². The molecule has 1 atom stereocenters. The first-order valence-corrected chi connectivity index (χ1v) is 7.58. The Morgan fingerprint density at radius 1 is 1.28 bits per heavy atom. The van der Waals surface area contributed by atoms with Crippen molar-refractivity contribution in [3.05, 3.63) is 0 Å². The van der Waals surface area contributed by atoms with Crippen LogP contribution in [0.1, 0.15) is 39.0 Å². The summed E-state index contributed by atoms with van der Waals surface area (Å²) in [4.78, 5) is 2.61. The summed E-state index contributed by atoms with van der Waals surface area (Å²) in [5, 5.41) is 3.36. The average molecular weight is 254 g/mol. The molecule has 0 aromatic rings. The second kappa shape index (κ2) is 6.36. The van der Waals surface area contributed by atoms with Crippen molar-refractivity contribution in [3.8, 4) is 0 Å². The van der Waals surface area contributed by atoms with Crippen LogP contribution in [0.15, 0.2) is 0 Å². The standard InChI is InChI=1S/C15H30N2O/c1-13-4-6-14(7-5-13)17(3)11-15(10-16-2)8-9-18-12-15/h13-14,16H,4-12H2,1-3H3. The van der Waals surface area contributed by atoms with Gasteiger partial charge in [0.05, 0.1) is 6.61 Å². The van der Waals surface area contributed by atoms with E-state index in [0.717, 1.165) is 31.7 Å². The molecule has 1 unspecified atom stereocenters. The molecule has 1 aliphatic heterocycles. The predicted octanol–water partition coefficient (Wildman–Crippen LogP) is 2.12. The zero-order valence-electron chi connectivity index (χ0n) is 12.4. The fourth-order valence-electron chi connectivity index (χ4n) is 3.69. The predicted molar refractivity (Wildman–Crippen MR) is 75.8 cm³/mol. The van der Waals surface area contributed by atoms with E-state index in [0.29, 0.717) is 5.41 Å². The van der Waals surface area contributed by atoms with E-state index in [1.54, 1.807) is 0 Å². The Balaban J connectivity index is 1.86. The quantitative estimate of drug-likeness (QED) is 0.813. The van der Waals surface area contributed by atoms with Crippen molar-refractivity contribution in [2.45, 2.75) is 45.1 Å². The Hall–Kier alpha value is -0.120. The van der Waals surface area contributed by atoms with E-state index in [1.807, 2.05) is 0 Å². The fraction of sp³-hybridized carbons (Fsp3) is 1.00. The number of nitrogens with one attached hydrogen (secondary N) is 1. The maximum atomic E-state index is 5.65.